The Balaban J connectivity index is 1.69. The molecule has 0 aromatic rings. The molecule has 1 saturated heterocycles. The molecule has 0 radical (unpaired) electrons. The Morgan fingerprint density at radius 3 is 2.53 bits per heavy atom. The average Bonchev–Trinajstić information content (AvgIpc) is 2.91. The van der Waals surface area contributed by atoms with Gasteiger partial charge in [0, 0.05) is 11.8 Å². The molecule has 2 aliphatic carbocycles. The lowest BCUT2D eigenvalue weighted by Gasteiger charge is -2.38. The third kappa shape index (κ3) is 1.72. The van der Waals surface area contributed by atoms with Crippen LogP contribution in [0.25, 0.3) is 0 Å². The number of hydrogen-bond donors (Lipinski definition) is 1. The molecular formula is C15H23NO3. The first kappa shape index (κ1) is 12.9. The summed E-state index contributed by atoms with van der Waals surface area (Å²) in [7, 11) is 0. The molecule has 0 aromatic carbocycles. The Morgan fingerprint density at radius 2 is 2.05 bits per heavy atom. The number of rotatable bonds is 2. The number of ether oxygens (including phenoxy) is 1. The molecule has 1 aliphatic heterocycles. The fourth-order valence-electron chi connectivity index (χ4n) is 4.32. The van der Waals surface area contributed by atoms with E-state index in [-0.39, 0.29) is 28.8 Å². The van der Waals surface area contributed by atoms with Crippen molar-refractivity contribution in [2.75, 3.05) is 0 Å². The van der Waals surface area contributed by atoms with Gasteiger partial charge in [-0.1, -0.05) is 20.8 Å². The number of nitrogens with one attached hydrogen (secondary N) is 1. The number of carbonyl (C=O) groups is 2. The predicted molar refractivity (Wildman–Crippen MR) is 70.3 cm³/mol. The number of carbonyl (C=O) groups excluding carboxylic acids is 2. The molecule has 0 spiro atoms. The molecular weight excluding hydrogens is 242 g/mol. The summed E-state index contributed by atoms with van der Waals surface area (Å²) >= 11 is 0. The summed E-state index contributed by atoms with van der Waals surface area (Å²) in [5, 5.41) is 2.69. The monoisotopic (exact) mass is 265 g/mol. The molecule has 1 heterocycles. The van der Waals surface area contributed by atoms with E-state index in [1.54, 1.807) is 0 Å². The first-order valence-corrected chi connectivity index (χ1v) is 7.34. The van der Waals surface area contributed by atoms with Gasteiger partial charge in [0.05, 0.1) is 0 Å². The van der Waals surface area contributed by atoms with E-state index < -0.39 is 6.04 Å². The van der Waals surface area contributed by atoms with Crippen LogP contribution in [0.15, 0.2) is 0 Å². The summed E-state index contributed by atoms with van der Waals surface area (Å²) < 4.78 is 5.76. The van der Waals surface area contributed by atoms with Crippen molar-refractivity contribution in [3.05, 3.63) is 0 Å². The zero-order chi connectivity index (χ0) is 13.8. The van der Waals surface area contributed by atoms with Crippen molar-refractivity contribution in [3.8, 4) is 0 Å². The summed E-state index contributed by atoms with van der Waals surface area (Å²) in [4.78, 5) is 23.3. The molecule has 4 atom stereocenters. The van der Waals surface area contributed by atoms with E-state index in [1.165, 1.54) is 6.42 Å². The van der Waals surface area contributed by atoms with Crippen molar-refractivity contribution in [2.24, 2.45) is 16.7 Å². The molecule has 3 fully saturated rings. The zero-order valence-electron chi connectivity index (χ0n) is 12.0. The molecule has 4 heteroatoms. The van der Waals surface area contributed by atoms with E-state index in [1.807, 2.05) is 0 Å². The Bertz CT molecular complexity index is 431. The SMILES string of the molecule is CC1(C)[C@@H]2CC[C@@]1(C)[C@H](OC(=O)C1CCC(=O)N1)C2. The van der Waals surface area contributed by atoms with Crippen LogP contribution in [0.5, 0.6) is 0 Å². The maximum Gasteiger partial charge on any atom is 0.328 e. The van der Waals surface area contributed by atoms with Crippen LogP contribution < -0.4 is 5.32 Å². The van der Waals surface area contributed by atoms with E-state index in [4.69, 9.17) is 4.74 Å². The van der Waals surface area contributed by atoms with Crippen LogP contribution in [0.4, 0.5) is 0 Å². The van der Waals surface area contributed by atoms with E-state index in [9.17, 15) is 9.59 Å². The molecule has 0 aromatic heterocycles. The highest BCUT2D eigenvalue weighted by Crippen LogP contribution is 2.66. The van der Waals surface area contributed by atoms with Gasteiger partial charge in [0.25, 0.3) is 0 Å². The second kappa shape index (κ2) is 3.97. The highest BCUT2D eigenvalue weighted by atomic mass is 16.5. The molecule has 3 rings (SSSR count). The Hall–Kier alpha value is -1.06. The third-order valence-corrected chi connectivity index (χ3v) is 6.25. The number of amides is 1. The van der Waals surface area contributed by atoms with Crippen LogP contribution in [-0.2, 0) is 14.3 Å². The number of fused-ring (bicyclic) bond motifs is 2. The molecule has 2 saturated carbocycles. The molecule has 19 heavy (non-hydrogen) atoms. The van der Waals surface area contributed by atoms with E-state index in [2.05, 4.69) is 26.1 Å². The van der Waals surface area contributed by atoms with Crippen LogP contribution in [0.2, 0.25) is 0 Å². The molecule has 1 unspecified atom stereocenters. The van der Waals surface area contributed by atoms with Gasteiger partial charge in [-0.3, -0.25) is 4.79 Å². The standard InChI is InChI=1S/C15H23NO3/c1-14(2)9-6-7-15(14,3)11(8-9)19-13(18)10-4-5-12(17)16-10/h9-11H,4-8H2,1-3H3,(H,16,17)/t9-,10?,11-,15+/m1/s1. The van der Waals surface area contributed by atoms with Crippen molar-refractivity contribution in [2.45, 2.75) is 65.0 Å². The van der Waals surface area contributed by atoms with Crippen LogP contribution >= 0.6 is 0 Å². The Morgan fingerprint density at radius 1 is 1.32 bits per heavy atom. The molecule has 3 aliphatic rings. The number of esters is 1. The van der Waals surface area contributed by atoms with Crippen LogP contribution in [-0.4, -0.2) is 24.0 Å². The smallest absolute Gasteiger partial charge is 0.328 e. The number of hydrogen-bond acceptors (Lipinski definition) is 3. The van der Waals surface area contributed by atoms with Crippen LogP contribution in [0, 0.1) is 16.7 Å². The van der Waals surface area contributed by atoms with Gasteiger partial charge in [0.15, 0.2) is 0 Å². The zero-order valence-corrected chi connectivity index (χ0v) is 12.0. The summed E-state index contributed by atoms with van der Waals surface area (Å²) in [5.74, 6) is 0.385. The predicted octanol–water partition coefficient (Wildman–Crippen LogP) is 2.02. The Kier molecular flexibility index (Phi) is 2.70. The highest BCUT2D eigenvalue weighted by molar-refractivity contribution is 5.88. The van der Waals surface area contributed by atoms with E-state index in [0.717, 1.165) is 12.8 Å². The van der Waals surface area contributed by atoms with Gasteiger partial charge >= 0.3 is 5.97 Å². The van der Waals surface area contributed by atoms with Gasteiger partial charge in [-0.15, -0.1) is 0 Å². The molecule has 1 amide bonds. The quantitative estimate of drug-likeness (QED) is 0.777. The fraction of sp³-hybridized carbons (Fsp3) is 0.867. The van der Waals surface area contributed by atoms with E-state index >= 15 is 0 Å². The van der Waals surface area contributed by atoms with Gasteiger partial charge < -0.3 is 10.1 Å². The largest absolute Gasteiger partial charge is 0.460 e. The maximum absolute atomic E-state index is 12.1. The lowest BCUT2D eigenvalue weighted by Crippen LogP contribution is -2.42. The van der Waals surface area contributed by atoms with Gasteiger partial charge in [0.2, 0.25) is 5.91 Å². The average molecular weight is 265 g/mol. The molecule has 1 N–H and O–H groups in total. The molecule has 2 bridgehead atoms. The van der Waals surface area contributed by atoms with Crippen LogP contribution in [0.3, 0.4) is 0 Å². The minimum absolute atomic E-state index is 0.0197. The first-order valence-electron chi connectivity index (χ1n) is 7.34. The van der Waals surface area contributed by atoms with Crippen molar-refractivity contribution < 1.29 is 14.3 Å². The fourth-order valence-corrected chi connectivity index (χ4v) is 4.32. The van der Waals surface area contributed by atoms with Crippen LogP contribution in [0.1, 0.15) is 52.9 Å². The first-order chi connectivity index (χ1) is 8.84. The topological polar surface area (TPSA) is 55.4 Å². The summed E-state index contributed by atoms with van der Waals surface area (Å²) in [5.41, 5.74) is 0.340. The Labute approximate surface area is 114 Å². The second-order valence-electron chi connectivity index (χ2n) is 7.19. The molecule has 4 nitrogen and oxygen atoms in total. The van der Waals surface area contributed by atoms with E-state index in [0.29, 0.717) is 18.8 Å². The minimum Gasteiger partial charge on any atom is -0.460 e. The van der Waals surface area contributed by atoms with Crippen molar-refractivity contribution in [3.63, 3.8) is 0 Å². The normalized spacial score (nSPS) is 43.3. The lowest BCUT2D eigenvalue weighted by molar-refractivity contribution is -0.159. The third-order valence-electron chi connectivity index (χ3n) is 6.25. The van der Waals surface area contributed by atoms with Crippen molar-refractivity contribution in [1.82, 2.24) is 5.32 Å². The summed E-state index contributed by atoms with van der Waals surface area (Å²) in [6.45, 7) is 6.86. The van der Waals surface area contributed by atoms with Crippen molar-refractivity contribution >= 4 is 11.9 Å². The van der Waals surface area contributed by atoms with Gasteiger partial charge in [-0.25, -0.2) is 4.79 Å². The summed E-state index contributed by atoms with van der Waals surface area (Å²) in [6.07, 6.45) is 4.41. The van der Waals surface area contributed by atoms with Crippen molar-refractivity contribution in [1.29, 1.82) is 0 Å². The van der Waals surface area contributed by atoms with Gasteiger partial charge in [-0.2, -0.15) is 0 Å². The molecule has 106 valence electrons. The lowest BCUT2D eigenvalue weighted by atomic mass is 9.70. The second-order valence-corrected chi connectivity index (χ2v) is 7.19. The summed E-state index contributed by atoms with van der Waals surface area (Å²) in [6, 6.07) is -0.418. The minimum atomic E-state index is -0.418. The highest BCUT2D eigenvalue weighted by Gasteiger charge is 2.63. The van der Waals surface area contributed by atoms with Gasteiger partial charge in [0.1, 0.15) is 12.1 Å². The maximum atomic E-state index is 12.1. The van der Waals surface area contributed by atoms with Gasteiger partial charge in [-0.05, 0) is 37.0 Å².